The maximum absolute atomic E-state index is 11.9. The van der Waals surface area contributed by atoms with Crippen LogP contribution < -0.4 is 10.6 Å². The van der Waals surface area contributed by atoms with Gasteiger partial charge in [0.2, 0.25) is 11.8 Å². The van der Waals surface area contributed by atoms with Crippen LogP contribution in [0.5, 0.6) is 0 Å². The van der Waals surface area contributed by atoms with E-state index in [1.54, 1.807) is 0 Å². The van der Waals surface area contributed by atoms with Crippen LogP contribution in [0.1, 0.15) is 39.0 Å². The molecule has 2 rings (SSSR count). The molecule has 1 saturated carbocycles. The Morgan fingerprint density at radius 1 is 1.16 bits per heavy atom. The number of nitrogens with one attached hydrogen (secondary N) is 2. The van der Waals surface area contributed by atoms with Crippen LogP contribution in [-0.2, 0) is 9.59 Å². The van der Waals surface area contributed by atoms with Crippen LogP contribution in [0.4, 0.5) is 0 Å². The van der Waals surface area contributed by atoms with Gasteiger partial charge in [0.15, 0.2) is 0 Å². The number of nitrogens with zero attached hydrogens (tertiary/aromatic N) is 1. The van der Waals surface area contributed by atoms with Crippen LogP contribution >= 0.6 is 0 Å². The van der Waals surface area contributed by atoms with Crippen molar-refractivity contribution in [2.75, 3.05) is 26.2 Å². The summed E-state index contributed by atoms with van der Waals surface area (Å²) >= 11 is 0. The molecule has 0 atom stereocenters. The second-order valence-corrected chi connectivity index (χ2v) is 5.62. The van der Waals surface area contributed by atoms with Gasteiger partial charge in [-0.2, -0.15) is 0 Å². The summed E-state index contributed by atoms with van der Waals surface area (Å²) in [6, 6.07) is 0.235. The average molecular weight is 267 g/mol. The fourth-order valence-corrected chi connectivity index (χ4v) is 2.49. The van der Waals surface area contributed by atoms with Gasteiger partial charge in [-0.3, -0.25) is 9.59 Å². The molecule has 0 unspecified atom stereocenters. The van der Waals surface area contributed by atoms with Gasteiger partial charge in [0.1, 0.15) is 0 Å². The van der Waals surface area contributed by atoms with Crippen molar-refractivity contribution >= 4 is 11.8 Å². The first-order valence-electron chi connectivity index (χ1n) is 7.49. The van der Waals surface area contributed by atoms with E-state index in [1.165, 1.54) is 0 Å². The Balaban J connectivity index is 1.62. The van der Waals surface area contributed by atoms with E-state index in [-0.39, 0.29) is 11.9 Å². The van der Waals surface area contributed by atoms with Crippen molar-refractivity contribution in [1.82, 2.24) is 15.5 Å². The van der Waals surface area contributed by atoms with Crippen LogP contribution in [0.2, 0.25) is 0 Å². The van der Waals surface area contributed by atoms with Crippen molar-refractivity contribution in [2.45, 2.75) is 45.1 Å². The molecule has 2 amide bonds. The molecule has 2 fully saturated rings. The molecule has 0 aromatic rings. The molecule has 5 heteroatoms. The normalized spacial score (nSPS) is 20.4. The van der Waals surface area contributed by atoms with E-state index in [1.807, 2.05) is 4.90 Å². The first kappa shape index (κ1) is 14.3. The third-order valence-electron chi connectivity index (χ3n) is 3.81. The zero-order valence-electron chi connectivity index (χ0n) is 11.8. The van der Waals surface area contributed by atoms with Crippen molar-refractivity contribution < 1.29 is 9.59 Å². The van der Waals surface area contributed by atoms with Gasteiger partial charge in [-0.1, -0.05) is 6.92 Å². The van der Waals surface area contributed by atoms with Crippen LogP contribution in [-0.4, -0.2) is 48.9 Å². The Labute approximate surface area is 115 Å². The first-order chi connectivity index (χ1) is 9.20. The smallest absolute Gasteiger partial charge is 0.234 e. The second kappa shape index (κ2) is 6.89. The van der Waals surface area contributed by atoms with Crippen LogP contribution in [0.15, 0.2) is 0 Å². The molecule has 2 N–H and O–H groups in total. The summed E-state index contributed by atoms with van der Waals surface area (Å²) in [4.78, 5) is 25.5. The number of piperidine rings is 1. The Kier molecular flexibility index (Phi) is 5.19. The average Bonchev–Trinajstić information content (AvgIpc) is 3.23. The monoisotopic (exact) mass is 267 g/mol. The van der Waals surface area contributed by atoms with Crippen LogP contribution in [0, 0.1) is 5.92 Å². The fourth-order valence-electron chi connectivity index (χ4n) is 2.49. The number of hydrogen-bond donors (Lipinski definition) is 2. The lowest BCUT2D eigenvalue weighted by Crippen LogP contribution is -2.48. The summed E-state index contributed by atoms with van der Waals surface area (Å²) in [6.45, 7) is 4.94. The number of hydrogen-bond acceptors (Lipinski definition) is 3. The van der Waals surface area contributed by atoms with Gasteiger partial charge in [-0.25, -0.2) is 0 Å². The van der Waals surface area contributed by atoms with E-state index in [2.05, 4.69) is 17.6 Å². The molecule has 5 nitrogen and oxygen atoms in total. The van der Waals surface area contributed by atoms with Crippen molar-refractivity contribution in [3.63, 3.8) is 0 Å². The number of rotatable bonds is 6. The summed E-state index contributed by atoms with van der Waals surface area (Å²) in [5.41, 5.74) is 0. The molecule has 2 aliphatic rings. The molecule has 0 aromatic heterocycles. The Morgan fingerprint density at radius 3 is 2.42 bits per heavy atom. The van der Waals surface area contributed by atoms with Gasteiger partial charge >= 0.3 is 0 Å². The number of carbonyl (C=O) groups excluding carboxylic acids is 2. The van der Waals surface area contributed by atoms with Gasteiger partial charge in [0.25, 0.3) is 0 Å². The van der Waals surface area contributed by atoms with E-state index in [0.29, 0.717) is 18.4 Å². The van der Waals surface area contributed by atoms with Crippen molar-refractivity contribution in [1.29, 1.82) is 0 Å². The van der Waals surface area contributed by atoms with E-state index in [4.69, 9.17) is 0 Å². The van der Waals surface area contributed by atoms with Gasteiger partial charge < -0.3 is 15.5 Å². The Hall–Kier alpha value is -1.10. The highest BCUT2D eigenvalue weighted by molar-refractivity contribution is 5.81. The molecule has 19 heavy (non-hydrogen) atoms. The van der Waals surface area contributed by atoms with E-state index >= 15 is 0 Å². The first-order valence-corrected chi connectivity index (χ1v) is 7.49. The highest BCUT2D eigenvalue weighted by atomic mass is 16.2. The molecule has 108 valence electrons. The number of likely N-dealkylation sites (tertiary alicyclic amines) is 1. The van der Waals surface area contributed by atoms with Gasteiger partial charge in [0.05, 0.1) is 6.54 Å². The lowest BCUT2D eigenvalue weighted by molar-refractivity contribution is -0.133. The van der Waals surface area contributed by atoms with Gasteiger partial charge in [0, 0.05) is 25.0 Å². The zero-order chi connectivity index (χ0) is 13.7. The predicted octanol–water partition coefficient (Wildman–Crippen LogP) is 0.503. The lowest BCUT2D eigenvalue weighted by atomic mass is 10.0. The molecule has 1 aliphatic carbocycles. The Morgan fingerprint density at radius 2 is 1.84 bits per heavy atom. The molecular formula is C14H25N3O2. The van der Waals surface area contributed by atoms with Crippen molar-refractivity contribution in [3.8, 4) is 0 Å². The molecular weight excluding hydrogens is 242 g/mol. The van der Waals surface area contributed by atoms with Crippen molar-refractivity contribution in [2.24, 2.45) is 5.92 Å². The van der Waals surface area contributed by atoms with Gasteiger partial charge in [-0.15, -0.1) is 0 Å². The molecule has 0 bridgehead atoms. The summed E-state index contributed by atoms with van der Waals surface area (Å²) in [5.74, 6) is 0.708. The molecule has 1 saturated heterocycles. The molecule has 0 spiro atoms. The standard InChI is InChI=1S/C14H25N3O2/c1-2-7-15-10-13(18)16-12-5-8-17(9-6-12)14(19)11-3-4-11/h11-12,15H,2-10H2,1H3,(H,16,18). The van der Waals surface area contributed by atoms with Gasteiger partial charge in [-0.05, 0) is 38.6 Å². The topological polar surface area (TPSA) is 61.4 Å². The summed E-state index contributed by atoms with van der Waals surface area (Å²) < 4.78 is 0. The largest absolute Gasteiger partial charge is 0.352 e. The maximum Gasteiger partial charge on any atom is 0.234 e. The minimum Gasteiger partial charge on any atom is -0.352 e. The summed E-state index contributed by atoms with van der Waals surface area (Å²) in [5, 5.41) is 6.14. The molecule has 1 heterocycles. The SMILES string of the molecule is CCCNCC(=O)NC1CCN(C(=O)C2CC2)CC1. The molecule has 0 radical (unpaired) electrons. The van der Waals surface area contributed by atoms with Crippen LogP contribution in [0.25, 0.3) is 0 Å². The minimum atomic E-state index is 0.0698. The van der Waals surface area contributed by atoms with Crippen molar-refractivity contribution in [3.05, 3.63) is 0 Å². The second-order valence-electron chi connectivity index (χ2n) is 5.62. The molecule has 1 aliphatic heterocycles. The van der Waals surface area contributed by atoms with E-state index in [0.717, 1.165) is 51.7 Å². The van der Waals surface area contributed by atoms with E-state index < -0.39 is 0 Å². The third kappa shape index (κ3) is 4.49. The highest BCUT2D eigenvalue weighted by Gasteiger charge is 2.34. The molecule has 0 aromatic carbocycles. The third-order valence-corrected chi connectivity index (χ3v) is 3.81. The number of amides is 2. The summed E-state index contributed by atoms with van der Waals surface area (Å²) in [6.07, 6.45) is 4.95. The number of carbonyl (C=O) groups is 2. The Bertz CT molecular complexity index is 321. The fraction of sp³-hybridized carbons (Fsp3) is 0.857. The maximum atomic E-state index is 11.9. The van der Waals surface area contributed by atoms with E-state index in [9.17, 15) is 9.59 Å². The highest BCUT2D eigenvalue weighted by Crippen LogP contribution is 2.31. The van der Waals surface area contributed by atoms with Crippen LogP contribution in [0.3, 0.4) is 0 Å². The minimum absolute atomic E-state index is 0.0698. The quantitative estimate of drug-likeness (QED) is 0.689. The summed E-state index contributed by atoms with van der Waals surface area (Å²) in [7, 11) is 0. The predicted molar refractivity (Wildman–Crippen MR) is 73.6 cm³/mol. The zero-order valence-corrected chi connectivity index (χ0v) is 11.8. The lowest BCUT2D eigenvalue weighted by Gasteiger charge is -2.32.